The zero-order chi connectivity index (χ0) is 18.8. The average molecular weight is 356 g/mol. The second-order valence-electron chi connectivity index (χ2n) is 5.61. The molecule has 1 aromatic heterocycles. The van der Waals surface area contributed by atoms with E-state index < -0.39 is 0 Å². The van der Waals surface area contributed by atoms with Crippen LogP contribution in [0, 0.1) is 6.92 Å². The lowest BCUT2D eigenvalue weighted by Gasteiger charge is -2.09. The number of nitrogens with two attached hydrogens (primary N) is 1. The fourth-order valence-corrected chi connectivity index (χ4v) is 2.66. The minimum absolute atomic E-state index is 0.0782. The van der Waals surface area contributed by atoms with Gasteiger partial charge in [-0.25, -0.2) is 4.98 Å². The normalized spacial score (nSPS) is 10.6. The lowest BCUT2D eigenvalue weighted by Crippen LogP contribution is -1.93. The van der Waals surface area contributed by atoms with Crippen LogP contribution in [0.1, 0.15) is 5.76 Å². The van der Waals surface area contributed by atoms with Crippen molar-refractivity contribution in [3.05, 3.63) is 36.1 Å². The van der Waals surface area contributed by atoms with Crippen molar-refractivity contribution in [2.24, 2.45) is 0 Å². The maximum absolute atomic E-state index is 10.1. The number of phenols is 1. The van der Waals surface area contributed by atoms with Crippen molar-refractivity contribution in [3.63, 3.8) is 0 Å². The average Bonchev–Trinajstić information content (AvgIpc) is 3.04. The van der Waals surface area contributed by atoms with Gasteiger partial charge in [0.2, 0.25) is 11.6 Å². The van der Waals surface area contributed by atoms with E-state index in [1.807, 2.05) is 19.1 Å². The van der Waals surface area contributed by atoms with Gasteiger partial charge in [0.15, 0.2) is 11.5 Å². The van der Waals surface area contributed by atoms with Crippen LogP contribution in [0.25, 0.3) is 22.7 Å². The summed E-state index contributed by atoms with van der Waals surface area (Å²) < 4.78 is 21.5. The molecule has 7 heteroatoms. The van der Waals surface area contributed by atoms with Crippen LogP contribution in [0.5, 0.6) is 23.0 Å². The number of hydrogen-bond donors (Lipinski definition) is 2. The highest BCUT2D eigenvalue weighted by Crippen LogP contribution is 2.41. The van der Waals surface area contributed by atoms with Gasteiger partial charge in [0.05, 0.1) is 27.0 Å². The van der Waals surface area contributed by atoms with Gasteiger partial charge in [0.25, 0.3) is 0 Å². The number of aryl methyl sites for hydroxylation is 1. The molecule has 26 heavy (non-hydrogen) atoms. The number of aromatic nitrogens is 1. The molecule has 0 aliphatic heterocycles. The molecular formula is C19H20N2O5. The van der Waals surface area contributed by atoms with Crippen molar-refractivity contribution in [2.75, 3.05) is 27.1 Å². The number of rotatable bonds is 5. The first kappa shape index (κ1) is 17.5. The van der Waals surface area contributed by atoms with Crippen molar-refractivity contribution in [1.29, 1.82) is 0 Å². The summed E-state index contributed by atoms with van der Waals surface area (Å²) in [6, 6.07) is 8.69. The number of anilines is 1. The molecule has 0 fully saturated rings. The van der Waals surface area contributed by atoms with Gasteiger partial charge in [-0.05, 0) is 31.2 Å². The minimum Gasteiger partial charge on any atom is -0.502 e. The summed E-state index contributed by atoms with van der Waals surface area (Å²) >= 11 is 0. The number of phenolic OH excluding ortho intramolecular Hbond substituents is 1. The maximum Gasteiger partial charge on any atom is 0.227 e. The summed E-state index contributed by atoms with van der Waals surface area (Å²) in [5.74, 6) is 2.05. The van der Waals surface area contributed by atoms with Crippen LogP contribution in [0.4, 0.5) is 5.69 Å². The largest absolute Gasteiger partial charge is 0.502 e. The molecule has 0 amide bonds. The number of nitrogens with zero attached hydrogens (tertiary/aromatic N) is 1. The Morgan fingerprint density at radius 1 is 0.923 bits per heavy atom. The Labute approximate surface area is 150 Å². The standard InChI is InChI=1S/C19H20N2O5/c1-10-17(11-5-6-13(20)14(7-11)23-2)21-19(26-10)12-8-15(24-3)18(22)16(9-12)25-4/h5-9,22H,20H2,1-4H3. The maximum atomic E-state index is 10.1. The van der Waals surface area contributed by atoms with E-state index in [2.05, 4.69) is 4.98 Å². The van der Waals surface area contributed by atoms with E-state index in [4.69, 9.17) is 24.4 Å². The molecular weight excluding hydrogens is 336 g/mol. The van der Waals surface area contributed by atoms with Gasteiger partial charge in [-0.15, -0.1) is 0 Å². The summed E-state index contributed by atoms with van der Waals surface area (Å²) in [5, 5.41) is 10.1. The molecule has 3 N–H and O–H groups in total. The summed E-state index contributed by atoms with van der Waals surface area (Å²) in [6.45, 7) is 1.82. The lowest BCUT2D eigenvalue weighted by atomic mass is 10.1. The quantitative estimate of drug-likeness (QED) is 0.673. The highest BCUT2D eigenvalue weighted by Gasteiger charge is 2.18. The van der Waals surface area contributed by atoms with E-state index in [-0.39, 0.29) is 17.2 Å². The molecule has 0 bridgehead atoms. The molecule has 0 radical (unpaired) electrons. The topological polar surface area (TPSA) is 100.0 Å². The van der Waals surface area contributed by atoms with Crippen LogP contribution in [0.3, 0.4) is 0 Å². The number of benzene rings is 2. The van der Waals surface area contributed by atoms with Gasteiger partial charge in [-0.1, -0.05) is 6.07 Å². The third kappa shape index (κ3) is 2.99. The molecule has 0 saturated heterocycles. The van der Waals surface area contributed by atoms with Crippen LogP contribution >= 0.6 is 0 Å². The Hall–Kier alpha value is -3.35. The number of hydrogen-bond acceptors (Lipinski definition) is 7. The molecule has 0 aliphatic rings. The molecule has 1 heterocycles. The summed E-state index contributed by atoms with van der Waals surface area (Å²) in [7, 11) is 4.49. The Kier molecular flexibility index (Phi) is 4.62. The number of nitrogen functional groups attached to an aromatic ring is 1. The minimum atomic E-state index is -0.0782. The van der Waals surface area contributed by atoms with Gasteiger partial charge in [-0.2, -0.15) is 0 Å². The van der Waals surface area contributed by atoms with E-state index in [9.17, 15) is 5.11 Å². The number of oxazole rings is 1. The van der Waals surface area contributed by atoms with Crippen LogP contribution in [-0.2, 0) is 0 Å². The first-order valence-corrected chi connectivity index (χ1v) is 7.85. The van der Waals surface area contributed by atoms with E-state index >= 15 is 0 Å². The smallest absolute Gasteiger partial charge is 0.227 e. The summed E-state index contributed by atoms with van der Waals surface area (Å²) in [4.78, 5) is 4.58. The predicted molar refractivity (Wildman–Crippen MR) is 97.8 cm³/mol. The summed E-state index contributed by atoms with van der Waals surface area (Å²) in [5.41, 5.74) is 8.53. The molecule has 2 aromatic carbocycles. The van der Waals surface area contributed by atoms with Crippen LogP contribution < -0.4 is 19.9 Å². The fraction of sp³-hybridized carbons (Fsp3) is 0.211. The van der Waals surface area contributed by atoms with Crippen molar-refractivity contribution < 1.29 is 23.7 Å². The highest BCUT2D eigenvalue weighted by atomic mass is 16.5. The van der Waals surface area contributed by atoms with Crippen molar-refractivity contribution >= 4 is 5.69 Å². The van der Waals surface area contributed by atoms with Crippen LogP contribution in [-0.4, -0.2) is 31.4 Å². The third-order valence-corrected chi connectivity index (χ3v) is 4.03. The molecule has 0 aliphatic carbocycles. The Morgan fingerprint density at radius 3 is 2.08 bits per heavy atom. The first-order chi connectivity index (χ1) is 12.5. The third-order valence-electron chi connectivity index (χ3n) is 4.03. The number of methoxy groups -OCH3 is 3. The molecule has 136 valence electrons. The zero-order valence-corrected chi connectivity index (χ0v) is 15.0. The van der Waals surface area contributed by atoms with Gasteiger partial charge >= 0.3 is 0 Å². The second-order valence-corrected chi connectivity index (χ2v) is 5.61. The molecule has 3 rings (SSSR count). The van der Waals surface area contributed by atoms with Gasteiger partial charge < -0.3 is 29.5 Å². The molecule has 0 spiro atoms. The fourth-order valence-electron chi connectivity index (χ4n) is 2.66. The van der Waals surface area contributed by atoms with Crippen molar-refractivity contribution in [3.8, 4) is 45.7 Å². The highest BCUT2D eigenvalue weighted by molar-refractivity contribution is 5.72. The lowest BCUT2D eigenvalue weighted by molar-refractivity contribution is 0.340. The second kappa shape index (κ2) is 6.87. The van der Waals surface area contributed by atoms with Crippen LogP contribution in [0.2, 0.25) is 0 Å². The SMILES string of the molecule is COc1cc(-c2nc(-c3cc(OC)c(O)c(OC)c3)oc2C)ccc1N. The Balaban J connectivity index is 2.09. The van der Waals surface area contributed by atoms with Crippen LogP contribution in [0.15, 0.2) is 34.7 Å². The van der Waals surface area contributed by atoms with E-state index in [0.717, 1.165) is 5.56 Å². The molecule has 0 saturated carbocycles. The van der Waals surface area contributed by atoms with Gasteiger partial charge in [0, 0.05) is 11.1 Å². The summed E-state index contributed by atoms with van der Waals surface area (Å²) in [6.07, 6.45) is 0. The van der Waals surface area contributed by atoms with Crippen molar-refractivity contribution in [2.45, 2.75) is 6.92 Å². The number of ether oxygens (including phenoxy) is 3. The van der Waals surface area contributed by atoms with Gasteiger partial charge in [0.1, 0.15) is 17.2 Å². The van der Waals surface area contributed by atoms with E-state index in [1.54, 1.807) is 25.3 Å². The Bertz CT molecular complexity index is 924. The molecule has 0 unspecified atom stereocenters. The Morgan fingerprint density at radius 2 is 1.50 bits per heavy atom. The number of aromatic hydroxyl groups is 1. The van der Waals surface area contributed by atoms with Crippen molar-refractivity contribution in [1.82, 2.24) is 4.98 Å². The molecule has 3 aromatic rings. The predicted octanol–water partition coefficient (Wildman–Crippen LogP) is 3.63. The van der Waals surface area contributed by atoms with E-state index in [1.165, 1.54) is 14.2 Å². The molecule has 0 atom stereocenters. The van der Waals surface area contributed by atoms with E-state index in [0.29, 0.717) is 34.3 Å². The monoisotopic (exact) mass is 356 g/mol. The first-order valence-electron chi connectivity index (χ1n) is 7.85. The zero-order valence-electron chi connectivity index (χ0n) is 15.0. The van der Waals surface area contributed by atoms with Gasteiger partial charge in [-0.3, -0.25) is 0 Å². The molecule has 7 nitrogen and oxygen atoms in total.